The van der Waals surface area contributed by atoms with Crippen molar-refractivity contribution in [2.75, 3.05) is 6.54 Å². The van der Waals surface area contributed by atoms with Crippen LogP contribution in [0.5, 0.6) is 0 Å². The molecular formula is C14H18F3N. The molecule has 1 aliphatic carbocycles. The zero-order chi connectivity index (χ0) is 13.2. The molecule has 1 unspecified atom stereocenters. The van der Waals surface area contributed by atoms with Crippen LogP contribution >= 0.6 is 0 Å². The van der Waals surface area contributed by atoms with Crippen molar-refractivity contribution in [3.8, 4) is 0 Å². The third-order valence-electron chi connectivity index (χ3n) is 3.86. The molecule has 0 heterocycles. The second-order valence-electron chi connectivity index (χ2n) is 5.01. The van der Waals surface area contributed by atoms with Gasteiger partial charge in [-0.25, -0.2) is 0 Å². The molecule has 1 fully saturated rings. The minimum absolute atomic E-state index is 0.0646. The van der Waals surface area contributed by atoms with Gasteiger partial charge >= 0.3 is 6.18 Å². The fraction of sp³-hybridized carbons (Fsp3) is 0.571. The molecule has 0 aromatic heterocycles. The molecule has 0 saturated heterocycles. The lowest BCUT2D eigenvalue weighted by Gasteiger charge is -2.23. The summed E-state index contributed by atoms with van der Waals surface area (Å²) >= 11 is 0. The number of hydrogen-bond acceptors (Lipinski definition) is 1. The molecule has 4 heteroatoms. The van der Waals surface area contributed by atoms with Gasteiger partial charge in [0.2, 0.25) is 0 Å². The molecule has 1 nitrogen and oxygen atoms in total. The number of halogens is 3. The fourth-order valence-corrected chi connectivity index (χ4v) is 2.91. The first-order valence-corrected chi connectivity index (χ1v) is 6.39. The predicted molar refractivity (Wildman–Crippen MR) is 65.2 cm³/mol. The Balaban J connectivity index is 2.25. The van der Waals surface area contributed by atoms with E-state index in [4.69, 9.17) is 5.73 Å². The van der Waals surface area contributed by atoms with Crippen molar-refractivity contribution in [2.24, 2.45) is 11.7 Å². The highest BCUT2D eigenvalue weighted by atomic mass is 19.4. The van der Waals surface area contributed by atoms with Gasteiger partial charge in [-0.15, -0.1) is 0 Å². The van der Waals surface area contributed by atoms with E-state index in [1.54, 1.807) is 6.07 Å². The predicted octanol–water partition coefficient (Wildman–Crippen LogP) is 3.94. The molecule has 1 aliphatic rings. The summed E-state index contributed by atoms with van der Waals surface area (Å²) in [6.07, 6.45) is 0.224. The van der Waals surface area contributed by atoms with E-state index in [0.29, 0.717) is 12.5 Å². The Labute approximate surface area is 105 Å². The molecule has 0 aliphatic heterocycles. The lowest BCUT2D eigenvalue weighted by Crippen LogP contribution is -2.20. The van der Waals surface area contributed by atoms with Crippen molar-refractivity contribution < 1.29 is 13.2 Å². The highest BCUT2D eigenvalue weighted by Crippen LogP contribution is 2.38. The zero-order valence-electron chi connectivity index (χ0n) is 10.2. The Kier molecular flexibility index (Phi) is 3.95. The molecule has 100 valence electrons. The standard InChI is InChI=1S/C14H18F3N/c15-14(16,17)12-7-3-6-11(8-12)13(9-18)10-4-1-2-5-10/h3,6-8,10,13H,1-2,4-5,9,18H2. The fourth-order valence-electron chi connectivity index (χ4n) is 2.91. The summed E-state index contributed by atoms with van der Waals surface area (Å²) in [5.41, 5.74) is 5.93. The van der Waals surface area contributed by atoms with Crippen LogP contribution in [-0.4, -0.2) is 6.54 Å². The molecule has 0 bridgehead atoms. The van der Waals surface area contributed by atoms with Crippen molar-refractivity contribution in [3.05, 3.63) is 35.4 Å². The summed E-state index contributed by atoms with van der Waals surface area (Å²) < 4.78 is 38.0. The van der Waals surface area contributed by atoms with Crippen molar-refractivity contribution in [1.82, 2.24) is 0 Å². The smallest absolute Gasteiger partial charge is 0.330 e. The quantitative estimate of drug-likeness (QED) is 0.872. The number of benzene rings is 1. The Morgan fingerprint density at radius 3 is 2.44 bits per heavy atom. The second-order valence-corrected chi connectivity index (χ2v) is 5.01. The first-order chi connectivity index (χ1) is 8.52. The summed E-state index contributed by atoms with van der Waals surface area (Å²) in [6, 6.07) is 5.63. The minimum Gasteiger partial charge on any atom is -0.330 e. The topological polar surface area (TPSA) is 26.0 Å². The van der Waals surface area contributed by atoms with E-state index in [0.717, 1.165) is 24.5 Å². The Morgan fingerprint density at radius 1 is 1.22 bits per heavy atom. The molecule has 1 saturated carbocycles. The minimum atomic E-state index is -4.27. The average Bonchev–Trinajstić information content (AvgIpc) is 2.83. The number of alkyl halides is 3. The largest absolute Gasteiger partial charge is 0.416 e. The summed E-state index contributed by atoms with van der Waals surface area (Å²) in [7, 11) is 0. The lowest BCUT2D eigenvalue weighted by molar-refractivity contribution is -0.137. The first kappa shape index (κ1) is 13.4. The van der Waals surface area contributed by atoms with Crippen LogP contribution in [0.1, 0.15) is 42.7 Å². The van der Waals surface area contributed by atoms with E-state index in [9.17, 15) is 13.2 Å². The SMILES string of the molecule is NCC(c1cccc(C(F)(F)F)c1)C1CCCC1. The van der Waals surface area contributed by atoms with Gasteiger partial charge in [0.15, 0.2) is 0 Å². The lowest BCUT2D eigenvalue weighted by atomic mass is 9.84. The molecular weight excluding hydrogens is 239 g/mol. The normalized spacial score (nSPS) is 19.1. The van der Waals surface area contributed by atoms with Crippen LogP contribution in [-0.2, 0) is 6.18 Å². The van der Waals surface area contributed by atoms with Crippen LogP contribution < -0.4 is 5.73 Å². The molecule has 18 heavy (non-hydrogen) atoms. The summed E-state index contributed by atoms with van der Waals surface area (Å²) in [4.78, 5) is 0. The van der Waals surface area contributed by atoms with E-state index in [-0.39, 0.29) is 5.92 Å². The van der Waals surface area contributed by atoms with Crippen LogP contribution in [0, 0.1) is 5.92 Å². The van der Waals surface area contributed by atoms with Crippen molar-refractivity contribution >= 4 is 0 Å². The second kappa shape index (κ2) is 5.31. The maximum absolute atomic E-state index is 12.7. The van der Waals surface area contributed by atoms with Crippen molar-refractivity contribution in [2.45, 2.75) is 37.8 Å². The molecule has 0 amide bonds. The van der Waals surface area contributed by atoms with E-state index >= 15 is 0 Å². The number of nitrogens with two attached hydrogens (primary N) is 1. The highest BCUT2D eigenvalue weighted by molar-refractivity contribution is 5.29. The maximum Gasteiger partial charge on any atom is 0.416 e. The monoisotopic (exact) mass is 257 g/mol. The van der Waals surface area contributed by atoms with Crippen LogP contribution in [0.2, 0.25) is 0 Å². The summed E-state index contributed by atoms with van der Waals surface area (Å²) in [6.45, 7) is 0.423. The van der Waals surface area contributed by atoms with Gasteiger partial charge < -0.3 is 5.73 Å². The third kappa shape index (κ3) is 2.86. The van der Waals surface area contributed by atoms with Gasteiger partial charge in [0.1, 0.15) is 0 Å². The number of rotatable bonds is 3. The van der Waals surface area contributed by atoms with Gasteiger partial charge in [-0.1, -0.05) is 31.0 Å². The maximum atomic E-state index is 12.7. The molecule has 2 N–H and O–H groups in total. The van der Waals surface area contributed by atoms with Gasteiger partial charge in [-0.3, -0.25) is 0 Å². The van der Waals surface area contributed by atoms with E-state index in [2.05, 4.69) is 0 Å². The van der Waals surface area contributed by atoms with Crippen molar-refractivity contribution in [3.63, 3.8) is 0 Å². The average molecular weight is 257 g/mol. The van der Waals surface area contributed by atoms with E-state index in [1.165, 1.54) is 25.0 Å². The molecule has 1 aromatic carbocycles. The Hall–Kier alpha value is -1.03. The Morgan fingerprint density at radius 2 is 1.89 bits per heavy atom. The van der Waals surface area contributed by atoms with Crippen LogP contribution in [0.15, 0.2) is 24.3 Å². The van der Waals surface area contributed by atoms with Crippen LogP contribution in [0.4, 0.5) is 13.2 Å². The van der Waals surface area contributed by atoms with E-state index < -0.39 is 11.7 Å². The van der Waals surface area contributed by atoms with Gasteiger partial charge in [0, 0.05) is 0 Å². The molecule has 1 aromatic rings. The summed E-state index contributed by atoms with van der Waals surface area (Å²) in [5, 5.41) is 0. The van der Waals surface area contributed by atoms with Crippen LogP contribution in [0.3, 0.4) is 0 Å². The third-order valence-corrected chi connectivity index (χ3v) is 3.86. The van der Waals surface area contributed by atoms with Gasteiger partial charge in [-0.2, -0.15) is 13.2 Å². The van der Waals surface area contributed by atoms with E-state index in [1.807, 2.05) is 0 Å². The molecule has 2 rings (SSSR count). The molecule has 0 spiro atoms. The first-order valence-electron chi connectivity index (χ1n) is 6.39. The highest BCUT2D eigenvalue weighted by Gasteiger charge is 2.32. The van der Waals surface area contributed by atoms with Crippen LogP contribution in [0.25, 0.3) is 0 Å². The van der Waals surface area contributed by atoms with Crippen molar-refractivity contribution in [1.29, 1.82) is 0 Å². The number of hydrogen-bond donors (Lipinski definition) is 1. The molecule has 1 atom stereocenters. The molecule has 0 radical (unpaired) electrons. The zero-order valence-corrected chi connectivity index (χ0v) is 10.2. The summed E-state index contributed by atoms with van der Waals surface area (Å²) in [5.74, 6) is 0.508. The van der Waals surface area contributed by atoms with Gasteiger partial charge in [-0.05, 0) is 42.9 Å². The van der Waals surface area contributed by atoms with Gasteiger partial charge in [0.05, 0.1) is 5.56 Å². The van der Waals surface area contributed by atoms with Gasteiger partial charge in [0.25, 0.3) is 0 Å². The Bertz CT molecular complexity index is 394.